The zero-order valence-electron chi connectivity index (χ0n) is 18.4. The van der Waals surface area contributed by atoms with E-state index in [2.05, 4.69) is 21.2 Å². The van der Waals surface area contributed by atoms with E-state index < -0.39 is 11.9 Å². The van der Waals surface area contributed by atoms with Gasteiger partial charge in [-0.1, -0.05) is 70.5 Å². The quantitative estimate of drug-likeness (QED) is 0.236. The summed E-state index contributed by atoms with van der Waals surface area (Å²) in [6.45, 7) is 0.311. The van der Waals surface area contributed by atoms with E-state index in [1.807, 2.05) is 36.4 Å². The maximum Gasteiger partial charge on any atom is 0.267 e. The predicted molar refractivity (Wildman–Crippen MR) is 133 cm³/mol. The fraction of sp³-hybridized carbons (Fsp3) is 0.115. The van der Waals surface area contributed by atoms with Crippen molar-refractivity contribution in [3.05, 3.63) is 112 Å². The number of carbonyl (C=O) groups excluding carboxylic acids is 3. The molecule has 0 heterocycles. The molecule has 34 heavy (non-hydrogen) atoms. The average Bonchev–Trinajstić information content (AvgIpc) is 2.86. The van der Waals surface area contributed by atoms with Gasteiger partial charge in [-0.2, -0.15) is 0 Å². The molecular formula is C26H24BrN3O4. The fourth-order valence-electron chi connectivity index (χ4n) is 3.42. The Bertz CT molecular complexity index is 1200. The lowest BCUT2D eigenvalue weighted by molar-refractivity contribution is -0.126. The first kappa shape index (κ1) is 24.9. The maximum absolute atomic E-state index is 13.4. The molecule has 0 spiro atoms. The first-order valence-corrected chi connectivity index (χ1v) is 11.2. The Balaban J connectivity index is 1.92. The number of nitrogens with zero attached hydrogens (tertiary/aromatic N) is 1. The van der Waals surface area contributed by atoms with Crippen LogP contribution in [0.15, 0.2) is 89.4 Å². The van der Waals surface area contributed by atoms with E-state index in [0.29, 0.717) is 23.2 Å². The van der Waals surface area contributed by atoms with Gasteiger partial charge in [-0.3, -0.25) is 19.6 Å². The third-order valence-corrected chi connectivity index (χ3v) is 5.59. The monoisotopic (exact) mass is 521 g/mol. The number of hydrogen-bond acceptors (Lipinski definition) is 4. The van der Waals surface area contributed by atoms with Crippen molar-refractivity contribution in [1.29, 1.82) is 0 Å². The molecule has 0 saturated heterocycles. The molecule has 1 unspecified atom stereocenters. The molecule has 3 aromatic carbocycles. The van der Waals surface area contributed by atoms with Gasteiger partial charge in [-0.05, 0) is 47.0 Å². The fourth-order valence-corrected chi connectivity index (χ4v) is 3.82. The number of nitrogens with one attached hydrogen (secondary N) is 2. The van der Waals surface area contributed by atoms with Gasteiger partial charge in [0.15, 0.2) is 0 Å². The van der Waals surface area contributed by atoms with Crippen molar-refractivity contribution in [3.8, 4) is 0 Å². The van der Waals surface area contributed by atoms with Crippen molar-refractivity contribution in [1.82, 2.24) is 15.7 Å². The minimum atomic E-state index is -0.921. The van der Waals surface area contributed by atoms with E-state index in [4.69, 9.17) is 5.21 Å². The van der Waals surface area contributed by atoms with Crippen LogP contribution in [-0.4, -0.2) is 34.9 Å². The molecule has 0 aromatic heterocycles. The number of amides is 3. The summed E-state index contributed by atoms with van der Waals surface area (Å²) < 4.78 is 0.756. The Labute approximate surface area is 206 Å². The van der Waals surface area contributed by atoms with Gasteiger partial charge in [0.05, 0.1) is 0 Å². The second kappa shape index (κ2) is 11.9. The Morgan fingerprint density at radius 2 is 1.74 bits per heavy atom. The van der Waals surface area contributed by atoms with Crippen LogP contribution in [0.4, 0.5) is 0 Å². The minimum absolute atomic E-state index is 0.311. The Morgan fingerprint density at radius 1 is 1.00 bits per heavy atom. The van der Waals surface area contributed by atoms with Gasteiger partial charge < -0.3 is 10.2 Å². The number of carbonyl (C=O) groups is 3. The molecule has 0 saturated carbocycles. The third kappa shape index (κ3) is 6.63. The van der Waals surface area contributed by atoms with E-state index >= 15 is 0 Å². The normalized spacial score (nSPS) is 11.6. The van der Waals surface area contributed by atoms with Crippen LogP contribution in [0.1, 0.15) is 33.1 Å². The number of rotatable bonds is 8. The van der Waals surface area contributed by atoms with Crippen LogP contribution in [0.3, 0.4) is 0 Å². The SMILES string of the molecule is CN(C(=O)c1cccc(Br)c1)C(C(=O)NCc1ccccc1)c1cccc(C=CC(=O)NO)c1. The van der Waals surface area contributed by atoms with E-state index in [-0.39, 0.29) is 11.8 Å². The van der Waals surface area contributed by atoms with E-state index in [9.17, 15) is 14.4 Å². The molecule has 3 aromatic rings. The molecule has 3 rings (SSSR count). The van der Waals surface area contributed by atoms with Crippen LogP contribution in [0.25, 0.3) is 6.08 Å². The number of likely N-dealkylation sites (N-methyl/N-ethyl adjacent to an activating group) is 1. The summed E-state index contributed by atoms with van der Waals surface area (Å²) in [7, 11) is 1.58. The molecular weight excluding hydrogens is 498 g/mol. The summed E-state index contributed by atoms with van der Waals surface area (Å²) in [6.07, 6.45) is 2.67. The average molecular weight is 522 g/mol. The highest BCUT2D eigenvalue weighted by Crippen LogP contribution is 2.24. The van der Waals surface area contributed by atoms with E-state index in [1.165, 1.54) is 22.5 Å². The van der Waals surface area contributed by atoms with Gasteiger partial charge >= 0.3 is 0 Å². The van der Waals surface area contributed by atoms with Gasteiger partial charge in [0.2, 0.25) is 5.91 Å². The number of benzene rings is 3. The maximum atomic E-state index is 13.4. The zero-order valence-corrected chi connectivity index (χ0v) is 20.0. The van der Waals surface area contributed by atoms with Gasteiger partial charge in [0.25, 0.3) is 11.8 Å². The zero-order chi connectivity index (χ0) is 24.5. The smallest absolute Gasteiger partial charge is 0.267 e. The first-order chi connectivity index (χ1) is 16.4. The molecule has 8 heteroatoms. The highest BCUT2D eigenvalue weighted by atomic mass is 79.9. The number of halogens is 1. The Morgan fingerprint density at radius 3 is 2.44 bits per heavy atom. The molecule has 3 amide bonds. The predicted octanol–water partition coefficient (Wildman–Crippen LogP) is 4.10. The summed E-state index contributed by atoms with van der Waals surface area (Å²) in [5.74, 6) is -1.34. The van der Waals surface area contributed by atoms with Crippen LogP contribution in [0.5, 0.6) is 0 Å². The largest absolute Gasteiger partial charge is 0.350 e. The van der Waals surface area contributed by atoms with E-state index in [0.717, 1.165) is 10.0 Å². The Kier molecular flexibility index (Phi) is 8.73. The third-order valence-electron chi connectivity index (χ3n) is 5.10. The summed E-state index contributed by atoms with van der Waals surface area (Å²) in [4.78, 5) is 39.4. The molecule has 7 nitrogen and oxygen atoms in total. The van der Waals surface area contributed by atoms with Crippen molar-refractivity contribution in [2.24, 2.45) is 0 Å². The van der Waals surface area contributed by atoms with Crippen LogP contribution in [0, 0.1) is 0 Å². The lowest BCUT2D eigenvalue weighted by Gasteiger charge is -2.28. The summed E-state index contributed by atoms with van der Waals surface area (Å²) in [5.41, 5.74) is 4.11. The second-order valence-electron chi connectivity index (χ2n) is 7.51. The lowest BCUT2D eigenvalue weighted by Crippen LogP contribution is -2.41. The highest BCUT2D eigenvalue weighted by Gasteiger charge is 2.29. The molecule has 3 N–H and O–H groups in total. The van der Waals surface area contributed by atoms with Crippen molar-refractivity contribution in [3.63, 3.8) is 0 Å². The van der Waals surface area contributed by atoms with Gasteiger partial charge in [-0.25, -0.2) is 5.48 Å². The summed E-state index contributed by atoms with van der Waals surface area (Å²) in [5, 5.41) is 11.6. The van der Waals surface area contributed by atoms with Crippen molar-refractivity contribution in [2.75, 3.05) is 7.05 Å². The van der Waals surface area contributed by atoms with Crippen molar-refractivity contribution >= 4 is 39.7 Å². The molecule has 1 atom stereocenters. The van der Waals surface area contributed by atoms with Crippen molar-refractivity contribution < 1.29 is 19.6 Å². The topological polar surface area (TPSA) is 98.7 Å². The summed E-state index contributed by atoms with van der Waals surface area (Å²) >= 11 is 3.38. The minimum Gasteiger partial charge on any atom is -0.350 e. The van der Waals surface area contributed by atoms with E-state index in [1.54, 1.807) is 49.5 Å². The molecule has 0 aliphatic rings. The molecule has 174 valence electrons. The molecule has 0 radical (unpaired) electrons. The molecule has 0 fully saturated rings. The van der Waals surface area contributed by atoms with Crippen LogP contribution < -0.4 is 10.8 Å². The van der Waals surface area contributed by atoms with Crippen LogP contribution in [-0.2, 0) is 16.1 Å². The number of hydrogen-bond donors (Lipinski definition) is 3. The molecule has 0 aliphatic carbocycles. The molecule has 0 aliphatic heterocycles. The van der Waals surface area contributed by atoms with Crippen LogP contribution in [0.2, 0.25) is 0 Å². The second-order valence-corrected chi connectivity index (χ2v) is 8.43. The Hall–Kier alpha value is -3.75. The molecule has 0 bridgehead atoms. The summed E-state index contributed by atoms with van der Waals surface area (Å²) in [6, 6.07) is 22.5. The van der Waals surface area contributed by atoms with Gasteiger partial charge in [0.1, 0.15) is 6.04 Å². The lowest BCUT2D eigenvalue weighted by atomic mass is 10.0. The first-order valence-electron chi connectivity index (χ1n) is 10.5. The highest BCUT2D eigenvalue weighted by molar-refractivity contribution is 9.10. The van der Waals surface area contributed by atoms with Gasteiger partial charge in [-0.15, -0.1) is 0 Å². The number of hydroxylamine groups is 1. The standard InChI is InChI=1S/C26H24BrN3O4/c1-30(26(33)21-11-6-12-22(27)16-21)24(25(32)28-17-19-7-3-2-4-8-19)20-10-5-9-18(15-20)13-14-23(31)29-34/h2-16,24,34H,17H2,1H3,(H,28,32)(H,29,31). The van der Waals surface area contributed by atoms with Crippen molar-refractivity contribution in [2.45, 2.75) is 12.6 Å². The van der Waals surface area contributed by atoms with Gasteiger partial charge in [0, 0.05) is 29.7 Å². The van der Waals surface area contributed by atoms with Crippen LogP contribution >= 0.6 is 15.9 Å².